The molecule has 1 heterocycles. The zero-order valence-electron chi connectivity index (χ0n) is 13.2. The summed E-state index contributed by atoms with van der Waals surface area (Å²) in [7, 11) is 1.86. The normalized spacial score (nSPS) is 18.9. The number of nitrogens with one attached hydrogen (secondary N) is 2. The number of hydrogen-bond donors (Lipinski definition) is 2. The SMILES string of the molecule is CCCCCNC(=NC)NC1CCN(C(C)C)CC1. The standard InChI is InChI=1S/C15H32N4/c1-5-6-7-10-17-15(16-4)18-14-8-11-19(12-9-14)13(2)3/h13-14H,5-12H2,1-4H3,(H2,16,17,18). The van der Waals surface area contributed by atoms with Gasteiger partial charge < -0.3 is 15.5 Å². The first kappa shape index (κ1) is 16.3. The summed E-state index contributed by atoms with van der Waals surface area (Å²) in [6.07, 6.45) is 6.21. The highest BCUT2D eigenvalue weighted by atomic mass is 15.2. The Morgan fingerprint density at radius 1 is 1.26 bits per heavy atom. The number of unbranched alkanes of at least 4 members (excludes halogenated alkanes) is 2. The van der Waals surface area contributed by atoms with Crippen molar-refractivity contribution in [3.8, 4) is 0 Å². The van der Waals surface area contributed by atoms with Gasteiger partial charge in [-0.2, -0.15) is 0 Å². The number of guanidine groups is 1. The molecule has 0 spiro atoms. The molecule has 0 aromatic rings. The van der Waals surface area contributed by atoms with Crippen molar-refractivity contribution in [1.29, 1.82) is 0 Å². The largest absolute Gasteiger partial charge is 0.356 e. The molecule has 0 atom stereocenters. The van der Waals surface area contributed by atoms with Gasteiger partial charge in [-0.3, -0.25) is 4.99 Å². The van der Waals surface area contributed by atoms with Crippen molar-refractivity contribution in [3.05, 3.63) is 0 Å². The van der Waals surface area contributed by atoms with Crippen molar-refractivity contribution in [1.82, 2.24) is 15.5 Å². The molecule has 0 radical (unpaired) electrons. The molecule has 0 aliphatic carbocycles. The summed E-state index contributed by atoms with van der Waals surface area (Å²) in [6, 6.07) is 1.25. The zero-order valence-corrected chi connectivity index (χ0v) is 13.2. The molecule has 19 heavy (non-hydrogen) atoms. The Bertz CT molecular complexity index is 255. The van der Waals surface area contributed by atoms with E-state index in [0.717, 1.165) is 12.5 Å². The lowest BCUT2D eigenvalue weighted by Crippen LogP contribution is -2.49. The third-order valence-corrected chi connectivity index (χ3v) is 3.90. The fraction of sp³-hybridized carbons (Fsp3) is 0.933. The Balaban J connectivity index is 2.22. The number of nitrogens with zero attached hydrogens (tertiary/aromatic N) is 2. The fourth-order valence-corrected chi connectivity index (χ4v) is 2.53. The van der Waals surface area contributed by atoms with E-state index in [1.165, 1.54) is 45.2 Å². The van der Waals surface area contributed by atoms with Gasteiger partial charge in [-0.25, -0.2) is 0 Å². The molecule has 1 aliphatic heterocycles. The third kappa shape index (κ3) is 6.28. The van der Waals surface area contributed by atoms with Gasteiger partial charge in [-0.05, 0) is 33.1 Å². The average Bonchev–Trinajstić information content (AvgIpc) is 2.42. The monoisotopic (exact) mass is 268 g/mol. The molecule has 0 unspecified atom stereocenters. The Kier molecular flexibility index (Phi) is 7.87. The molecule has 0 aromatic carbocycles. The third-order valence-electron chi connectivity index (χ3n) is 3.90. The first-order valence-corrected chi connectivity index (χ1v) is 7.88. The van der Waals surface area contributed by atoms with E-state index in [2.05, 4.69) is 41.3 Å². The van der Waals surface area contributed by atoms with E-state index in [0.29, 0.717) is 12.1 Å². The van der Waals surface area contributed by atoms with E-state index in [-0.39, 0.29) is 0 Å². The topological polar surface area (TPSA) is 39.7 Å². The molecular formula is C15H32N4. The highest BCUT2D eigenvalue weighted by Gasteiger charge is 2.21. The number of likely N-dealkylation sites (tertiary alicyclic amines) is 1. The van der Waals surface area contributed by atoms with Crippen LogP contribution < -0.4 is 10.6 Å². The molecule has 0 aromatic heterocycles. The molecular weight excluding hydrogens is 236 g/mol. The molecule has 1 aliphatic rings. The first-order chi connectivity index (χ1) is 9.17. The van der Waals surface area contributed by atoms with Gasteiger partial charge in [0, 0.05) is 38.8 Å². The van der Waals surface area contributed by atoms with E-state index in [1.54, 1.807) is 0 Å². The highest BCUT2D eigenvalue weighted by Crippen LogP contribution is 2.12. The summed E-state index contributed by atoms with van der Waals surface area (Å²) < 4.78 is 0. The van der Waals surface area contributed by atoms with E-state index >= 15 is 0 Å². The van der Waals surface area contributed by atoms with Gasteiger partial charge in [0.1, 0.15) is 0 Å². The molecule has 112 valence electrons. The van der Waals surface area contributed by atoms with Crippen LogP contribution in [0.4, 0.5) is 0 Å². The van der Waals surface area contributed by atoms with Gasteiger partial charge in [0.05, 0.1) is 0 Å². The average molecular weight is 268 g/mol. The predicted octanol–water partition coefficient (Wildman–Crippen LogP) is 2.21. The predicted molar refractivity (Wildman–Crippen MR) is 83.8 cm³/mol. The number of aliphatic imine (C=N–C) groups is 1. The van der Waals surface area contributed by atoms with Gasteiger partial charge in [-0.15, -0.1) is 0 Å². The number of piperidine rings is 1. The molecule has 0 saturated carbocycles. The Labute approximate surface area is 119 Å². The number of hydrogen-bond acceptors (Lipinski definition) is 2. The van der Waals surface area contributed by atoms with Gasteiger partial charge in [0.2, 0.25) is 0 Å². The summed E-state index contributed by atoms with van der Waals surface area (Å²) in [5, 5.41) is 6.97. The van der Waals surface area contributed by atoms with Crippen molar-refractivity contribution >= 4 is 5.96 Å². The summed E-state index contributed by atoms with van der Waals surface area (Å²) in [4.78, 5) is 6.87. The molecule has 4 heteroatoms. The van der Waals surface area contributed by atoms with Crippen molar-refractivity contribution in [3.63, 3.8) is 0 Å². The van der Waals surface area contributed by atoms with Crippen molar-refractivity contribution in [2.24, 2.45) is 4.99 Å². The molecule has 1 fully saturated rings. The second-order valence-electron chi connectivity index (χ2n) is 5.75. The summed E-state index contributed by atoms with van der Waals surface area (Å²) in [6.45, 7) is 10.2. The van der Waals surface area contributed by atoms with E-state index < -0.39 is 0 Å². The van der Waals surface area contributed by atoms with E-state index in [9.17, 15) is 0 Å². The molecule has 1 rings (SSSR count). The summed E-state index contributed by atoms with van der Waals surface area (Å²) >= 11 is 0. The quantitative estimate of drug-likeness (QED) is 0.441. The van der Waals surface area contributed by atoms with Crippen LogP contribution in [0.3, 0.4) is 0 Å². The van der Waals surface area contributed by atoms with Crippen LogP contribution >= 0.6 is 0 Å². The molecule has 0 amide bonds. The van der Waals surface area contributed by atoms with Crippen LogP contribution in [0, 0.1) is 0 Å². The van der Waals surface area contributed by atoms with Crippen LogP contribution in [0.15, 0.2) is 4.99 Å². The molecule has 2 N–H and O–H groups in total. The Morgan fingerprint density at radius 2 is 1.95 bits per heavy atom. The maximum atomic E-state index is 4.31. The van der Waals surface area contributed by atoms with Crippen LogP contribution in [0.1, 0.15) is 52.9 Å². The smallest absolute Gasteiger partial charge is 0.191 e. The lowest BCUT2D eigenvalue weighted by molar-refractivity contribution is 0.167. The minimum absolute atomic E-state index is 0.576. The maximum Gasteiger partial charge on any atom is 0.191 e. The van der Waals surface area contributed by atoms with Crippen LogP contribution in [-0.4, -0.2) is 49.6 Å². The molecule has 4 nitrogen and oxygen atoms in total. The lowest BCUT2D eigenvalue weighted by atomic mass is 10.0. The zero-order chi connectivity index (χ0) is 14.1. The summed E-state index contributed by atoms with van der Waals surface area (Å²) in [5.74, 6) is 0.971. The van der Waals surface area contributed by atoms with Crippen LogP contribution in [0.2, 0.25) is 0 Å². The first-order valence-electron chi connectivity index (χ1n) is 7.88. The minimum atomic E-state index is 0.576. The van der Waals surface area contributed by atoms with Gasteiger partial charge in [0.25, 0.3) is 0 Å². The highest BCUT2D eigenvalue weighted by molar-refractivity contribution is 5.79. The maximum absolute atomic E-state index is 4.31. The van der Waals surface area contributed by atoms with Crippen molar-refractivity contribution in [2.75, 3.05) is 26.7 Å². The molecule has 0 bridgehead atoms. The summed E-state index contributed by atoms with van der Waals surface area (Å²) in [5.41, 5.74) is 0. The second kappa shape index (κ2) is 9.18. The van der Waals surface area contributed by atoms with Crippen LogP contribution in [-0.2, 0) is 0 Å². The van der Waals surface area contributed by atoms with Gasteiger partial charge in [-0.1, -0.05) is 19.8 Å². The van der Waals surface area contributed by atoms with Gasteiger partial charge in [0.15, 0.2) is 5.96 Å². The van der Waals surface area contributed by atoms with Crippen LogP contribution in [0.25, 0.3) is 0 Å². The Hall–Kier alpha value is -0.770. The second-order valence-corrected chi connectivity index (χ2v) is 5.75. The van der Waals surface area contributed by atoms with E-state index in [4.69, 9.17) is 0 Å². The van der Waals surface area contributed by atoms with Crippen molar-refractivity contribution < 1.29 is 0 Å². The van der Waals surface area contributed by atoms with E-state index in [1.807, 2.05) is 7.05 Å². The fourth-order valence-electron chi connectivity index (χ4n) is 2.53. The van der Waals surface area contributed by atoms with Gasteiger partial charge >= 0.3 is 0 Å². The number of rotatable bonds is 6. The van der Waals surface area contributed by atoms with Crippen molar-refractivity contribution in [2.45, 2.75) is 65.0 Å². The Morgan fingerprint density at radius 3 is 2.47 bits per heavy atom. The minimum Gasteiger partial charge on any atom is -0.356 e. The lowest BCUT2D eigenvalue weighted by Gasteiger charge is -2.35. The molecule has 1 saturated heterocycles. The van der Waals surface area contributed by atoms with Crippen LogP contribution in [0.5, 0.6) is 0 Å².